The Labute approximate surface area is 98.9 Å². The second-order valence-corrected chi connectivity index (χ2v) is 4.60. The summed E-state index contributed by atoms with van der Waals surface area (Å²) in [7, 11) is 0. The summed E-state index contributed by atoms with van der Waals surface area (Å²) >= 11 is 6.16. The van der Waals surface area contributed by atoms with Crippen molar-refractivity contribution in [1.82, 2.24) is 15.0 Å². The third-order valence-corrected chi connectivity index (χ3v) is 3.48. The molecule has 1 aliphatic rings. The smallest absolute Gasteiger partial charge is 0.140 e. The first-order chi connectivity index (χ1) is 7.84. The van der Waals surface area contributed by atoms with Crippen molar-refractivity contribution in [2.45, 2.75) is 31.6 Å². The summed E-state index contributed by atoms with van der Waals surface area (Å²) in [5, 5.41) is 1.44. The van der Waals surface area contributed by atoms with Crippen LogP contribution in [-0.2, 0) is 0 Å². The van der Waals surface area contributed by atoms with Crippen molar-refractivity contribution in [1.29, 1.82) is 0 Å². The van der Waals surface area contributed by atoms with Gasteiger partial charge in [-0.15, -0.1) is 0 Å². The highest BCUT2D eigenvalue weighted by molar-refractivity contribution is 6.34. The average Bonchev–Trinajstić information content (AvgIpc) is 2.82. The minimum atomic E-state index is 0.488. The van der Waals surface area contributed by atoms with Gasteiger partial charge >= 0.3 is 0 Å². The van der Waals surface area contributed by atoms with Crippen LogP contribution in [0.2, 0.25) is 5.15 Å². The first-order valence-electron chi connectivity index (χ1n) is 5.62. The molecule has 0 amide bonds. The summed E-state index contributed by atoms with van der Waals surface area (Å²) in [5.41, 5.74) is 0.851. The SMILES string of the molecule is Clc1nc(C2CCCC2)nc2cnccc12. The summed E-state index contributed by atoms with van der Waals surface area (Å²) in [6.07, 6.45) is 8.38. The molecule has 1 aliphatic carbocycles. The Kier molecular flexibility index (Phi) is 2.48. The number of aromatic nitrogens is 3. The topological polar surface area (TPSA) is 38.7 Å². The number of nitrogens with zero attached hydrogens (tertiary/aromatic N) is 3. The maximum atomic E-state index is 6.16. The molecule has 3 nitrogen and oxygen atoms in total. The van der Waals surface area contributed by atoms with Crippen LogP contribution < -0.4 is 0 Å². The molecule has 82 valence electrons. The van der Waals surface area contributed by atoms with Crippen LogP contribution in [0.15, 0.2) is 18.5 Å². The van der Waals surface area contributed by atoms with E-state index in [0.29, 0.717) is 11.1 Å². The fourth-order valence-corrected chi connectivity index (χ4v) is 2.57. The second-order valence-electron chi connectivity index (χ2n) is 4.25. The molecule has 2 heterocycles. The quantitative estimate of drug-likeness (QED) is 0.709. The maximum Gasteiger partial charge on any atom is 0.140 e. The van der Waals surface area contributed by atoms with Crippen LogP contribution >= 0.6 is 11.6 Å². The Morgan fingerprint density at radius 3 is 2.81 bits per heavy atom. The lowest BCUT2D eigenvalue weighted by Gasteiger charge is -2.08. The van der Waals surface area contributed by atoms with E-state index in [2.05, 4.69) is 15.0 Å². The van der Waals surface area contributed by atoms with Crippen LogP contribution in [0.25, 0.3) is 10.9 Å². The molecule has 0 saturated heterocycles. The molecule has 0 bridgehead atoms. The van der Waals surface area contributed by atoms with Crippen LogP contribution in [-0.4, -0.2) is 15.0 Å². The van der Waals surface area contributed by atoms with E-state index in [4.69, 9.17) is 11.6 Å². The summed E-state index contributed by atoms with van der Waals surface area (Å²) < 4.78 is 0. The Balaban J connectivity index is 2.13. The van der Waals surface area contributed by atoms with Crippen LogP contribution in [0.5, 0.6) is 0 Å². The van der Waals surface area contributed by atoms with Gasteiger partial charge in [0.05, 0.1) is 11.7 Å². The first kappa shape index (κ1) is 9.97. The van der Waals surface area contributed by atoms with Crippen molar-refractivity contribution in [3.05, 3.63) is 29.4 Å². The summed E-state index contributed by atoms with van der Waals surface area (Å²) in [4.78, 5) is 13.0. The summed E-state index contributed by atoms with van der Waals surface area (Å²) in [6, 6.07) is 1.86. The van der Waals surface area contributed by atoms with E-state index >= 15 is 0 Å². The van der Waals surface area contributed by atoms with Crippen LogP contribution in [0, 0.1) is 0 Å². The molecular formula is C12H12ClN3. The lowest BCUT2D eigenvalue weighted by molar-refractivity contribution is 0.672. The molecule has 0 N–H and O–H groups in total. The largest absolute Gasteiger partial charge is 0.262 e. The molecule has 0 radical (unpaired) electrons. The normalized spacial score (nSPS) is 17.1. The van der Waals surface area contributed by atoms with Gasteiger partial charge in [0.2, 0.25) is 0 Å². The molecule has 3 rings (SSSR count). The molecule has 1 fully saturated rings. The van der Waals surface area contributed by atoms with E-state index < -0.39 is 0 Å². The fourth-order valence-electron chi connectivity index (χ4n) is 2.33. The molecule has 0 atom stereocenters. The molecule has 4 heteroatoms. The van der Waals surface area contributed by atoms with Crippen molar-refractivity contribution in [3.8, 4) is 0 Å². The predicted molar refractivity (Wildman–Crippen MR) is 63.6 cm³/mol. The van der Waals surface area contributed by atoms with Gasteiger partial charge in [-0.2, -0.15) is 0 Å². The minimum absolute atomic E-state index is 0.488. The van der Waals surface area contributed by atoms with Crippen LogP contribution in [0.1, 0.15) is 37.4 Å². The van der Waals surface area contributed by atoms with Crippen molar-refractivity contribution in [2.24, 2.45) is 0 Å². The van der Waals surface area contributed by atoms with E-state index in [1.54, 1.807) is 12.4 Å². The van der Waals surface area contributed by atoms with Crippen LogP contribution in [0.4, 0.5) is 0 Å². The highest BCUT2D eigenvalue weighted by Crippen LogP contribution is 2.33. The third kappa shape index (κ3) is 1.65. The highest BCUT2D eigenvalue weighted by Gasteiger charge is 2.20. The lowest BCUT2D eigenvalue weighted by Crippen LogP contribution is -2.01. The number of pyridine rings is 1. The van der Waals surface area contributed by atoms with Crippen molar-refractivity contribution in [2.75, 3.05) is 0 Å². The van der Waals surface area contributed by atoms with E-state index in [9.17, 15) is 0 Å². The zero-order chi connectivity index (χ0) is 11.0. The zero-order valence-electron chi connectivity index (χ0n) is 8.86. The van der Waals surface area contributed by atoms with Crippen molar-refractivity contribution < 1.29 is 0 Å². The monoisotopic (exact) mass is 233 g/mol. The number of hydrogen-bond donors (Lipinski definition) is 0. The molecule has 16 heavy (non-hydrogen) atoms. The number of rotatable bonds is 1. The fraction of sp³-hybridized carbons (Fsp3) is 0.417. The van der Waals surface area contributed by atoms with Gasteiger partial charge in [0.1, 0.15) is 11.0 Å². The van der Waals surface area contributed by atoms with Crippen LogP contribution in [0.3, 0.4) is 0 Å². The van der Waals surface area contributed by atoms with Gasteiger partial charge in [0, 0.05) is 17.5 Å². The third-order valence-electron chi connectivity index (χ3n) is 3.19. The molecule has 0 spiro atoms. The standard InChI is InChI=1S/C12H12ClN3/c13-11-9-5-6-14-7-10(9)15-12(16-11)8-3-1-2-4-8/h5-8H,1-4H2. The van der Waals surface area contributed by atoms with Gasteiger partial charge in [-0.3, -0.25) is 4.98 Å². The van der Waals surface area contributed by atoms with Gasteiger partial charge < -0.3 is 0 Å². The second kappa shape index (κ2) is 3.98. The van der Waals surface area contributed by atoms with E-state index in [1.807, 2.05) is 6.07 Å². The van der Waals surface area contributed by atoms with Crippen molar-refractivity contribution >= 4 is 22.5 Å². The Bertz CT molecular complexity index is 521. The maximum absolute atomic E-state index is 6.16. The molecule has 0 unspecified atom stereocenters. The van der Waals surface area contributed by atoms with Gasteiger partial charge in [-0.05, 0) is 18.9 Å². The highest BCUT2D eigenvalue weighted by atomic mass is 35.5. The lowest BCUT2D eigenvalue weighted by atomic mass is 10.1. The molecule has 0 aliphatic heterocycles. The van der Waals surface area contributed by atoms with E-state index in [0.717, 1.165) is 16.7 Å². The zero-order valence-corrected chi connectivity index (χ0v) is 9.61. The van der Waals surface area contributed by atoms with Gasteiger partial charge in [0.25, 0.3) is 0 Å². The Morgan fingerprint density at radius 1 is 1.19 bits per heavy atom. The number of hydrogen-bond acceptors (Lipinski definition) is 3. The summed E-state index contributed by atoms with van der Waals surface area (Å²) in [5.74, 6) is 1.38. The molecular weight excluding hydrogens is 222 g/mol. The van der Waals surface area contributed by atoms with Gasteiger partial charge in [-0.25, -0.2) is 9.97 Å². The average molecular weight is 234 g/mol. The number of halogens is 1. The van der Waals surface area contributed by atoms with E-state index in [-0.39, 0.29) is 0 Å². The minimum Gasteiger partial charge on any atom is -0.262 e. The van der Waals surface area contributed by atoms with Gasteiger partial charge in [-0.1, -0.05) is 24.4 Å². The summed E-state index contributed by atoms with van der Waals surface area (Å²) in [6.45, 7) is 0. The Hall–Kier alpha value is -1.22. The predicted octanol–water partition coefficient (Wildman–Crippen LogP) is 3.34. The molecule has 2 aromatic rings. The molecule has 1 saturated carbocycles. The van der Waals surface area contributed by atoms with Crippen molar-refractivity contribution in [3.63, 3.8) is 0 Å². The van der Waals surface area contributed by atoms with Gasteiger partial charge in [0.15, 0.2) is 0 Å². The molecule has 0 aromatic carbocycles. The molecule has 2 aromatic heterocycles. The van der Waals surface area contributed by atoms with E-state index in [1.165, 1.54) is 25.7 Å². The first-order valence-corrected chi connectivity index (χ1v) is 5.99. The Morgan fingerprint density at radius 2 is 2.00 bits per heavy atom. The number of fused-ring (bicyclic) bond motifs is 1.